The molecule has 2 aromatic rings. The van der Waals surface area contributed by atoms with E-state index in [9.17, 15) is 13.7 Å². The van der Waals surface area contributed by atoms with E-state index >= 15 is 0 Å². The van der Waals surface area contributed by atoms with Crippen LogP contribution in [0.1, 0.15) is 43.9 Å². The van der Waals surface area contributed by atoms with E-state index in [1.165, 1.54) is 0 Å². The van der Waals surface area contributed by atoms with E-state index in [1.54, 1.807) is 30.4 Å². The molecule has 1 unspecified atom stereocenters. The molecule has 6 rings (SSSR count). The summed E-state index contributed by atoms with van der Waals surface area (Å²) in [7, 11) is -3.93. The van der Waals surface area contributed by atoms with Crippen LogP contribution < -0.4 is 4.90 Å². The van der Waals surface area contributed by atoms with Gasteiger partial charge in [0.15, 0.2) is 0 Å². The summed E-state index contributed by atoms with van der Waals surface area (Å²) in [5, 5.41) is 9.26. The molecule has 2 heterocycles. The zero-order valence-corrected chi connectivity index (χ0v) is 20.5. The zero-order valence-electron chi connectivity index (χ0n) is 19.7. The van der Waals surface area contributed by atoms with Crippen LogP contribution in [0.5, 0.6) is 0 Å². The van der Waals surface area contributed by atoms with Gasteiger partial charge < -0.3 is 4.90 Å². The molecule has 1 aromatic heterocycles. The predicted molar refractivity (Wildman–Crippen MR) is 135 cm³/mol. The summed E-state index contributed by atoms with van der Waals surface area (Å²) in [6.45, 7) is 3.12. The van der Waals surface area contributed by atoms with Crippen molar-refractivity contribution in [2.24, 2.45) is 16.2 Å². The van der Waals surface area contributed by atoms with E-state index < -0.39 is 10.0 Å². The number of aryl methyl sites for hydroxylation is 1. The van der Waals surface area contributed by atoms with Crippen molar-refractivity contribution < 1.29 is 8.42 Å². The first kappa shape index (κ1) is 22.2. The Bertz CT molecular complexity index is 1450. The maximum Gasteiger partial charge on any atom is 0.282 e. The number of anilines is 1. The summed E-state index contributed by atoms with van der Waals surface area (Å²) in [5.74, 6) is 0.973. The average Bonchev–Trinajstić information content (AvgIpc) is 3.59. The maximum absolute atomic E-state index is 13.4. The molecular formula is C27H27N5O2S. The molecule has 1 aromatic carbocycles. The minimum Gasteiger partial charge on any atom is -0.338 e. The van der Waals surface area contributed by atoms with Crippen LogP contribution >= 0.6 is 0 Å². The third-order valence-corrected chi connectivity index (χ3v) is 8.82. The van der Waals surface area contributed by atoms with E-state index in [2.05, 4.69) is 22.3 Å². The summed E-state index contributed by atoms with van der Waals surface area (Å²) in [6, 6.07) is 9.55. The SMILES string of the molecule is C[C@H]1CCN1c1nc2c(c(-c3cccc(S(=O)(=O)N=C4C=CC(C#N)=CC4C4CC4)c3)n1)CCC2. The Kier molecular flexibility index (Phi) is 5.33. The topological polar surface area (TPSA) is 99.3 Å². The molecule has 0 spiro atoms. The first-order chi connectivity index (χ1) is 16.9. The van der Waals surface area contributed by atoms with Crippen LogP contribution in [0.4, 0.5) is 5.95 Å². The van der Waals surface area contributed by atoms with Gasteiger partial charge in [0.05, 0.1) is 22.4 Å². The number of nitrogens with zero attached hydrogens (tertiary/aromatic N) is 5. The van der Waals surface area contributed by atoms with Gasteiger partial charge in [0.25, 0.3) is 10.0 Å². The third kappa shape index (κ3) is 4.08. The van der Waals surface area contributed by atoms with Crippen LogP contribution in [0, 0.1) is 23.2 Å². The Balaban J connectivity index is 1.38. The fourth-order valence-electron chi connectivity index (χ4n) is 5.21. The summed E-state index contributed by atoms with van der Waals surface area (Å²) < 4.78 is 31.0. The first-order valence-electron chi connectivity index (χ1n) is 12.3. The minimum absolute atomic E-state index is 0.126. The number of fused-ring (bicyclic) bond motifs is 1. The number of nitriles is 1. The molecule has 0 bridgehead atoms. The third-order valence-electron chi connectivity index (χ3n) is 7.52. The summed E-state index contributed by atoms with van der Waals surface area (Å²) >= 11 is 0. The fourth-order valence-corrected chi connectivity index (χ4v) is 6.31. The van der Waals surface area contributed by atoms with Crippen molar-refractivity contribution in [2.45, 2.75) is 56.4 Å². The minimum atomic E-state index is -3.93. The monoisotopic (exact) mass is 485 g/mol. The fraction of sp³-hybridized carbons (Fsp3) is 0.407. The van der Waals surface area contributed by atoms with Gasteiger partial charge in [-0.05, 0) is 75.7 Å². The van der Waals surface area contributed by atoms with E-state index in [0.717, 1.165) is 73.5 Å². The number of hydrogen-bond acceptors (Lipinski definition) is 6. The molecule has 3 aliphatic carbocycles. The average molecular weight is 486 g/mol. The van der Waals surface area contributed by atoms with Gasteiger partial charge >= 0.3 is 0 Å². The molecule has 7 nitrogen and oxygen atoms in total. The number of sulfonamides is 1. The second kappa shape index (κ2) is 8.42. The Morgan fingerprint density at radius 1 is 1.14 bits per heavy atom. The van der Waals surface area contributed by atoms with Crippen LogP contribution in [0.25, 0.3) is 11.3 Å². The summed E-state index contributed by atoms with van der Waals surface area (Å²) in [4.78, 5) is 12.1. The Hall–Kier alpha value is -3.31. The zero-order chi connectivity index (χ0) is 24.2. The number of benzene rings is 1. The van der Waals surface area contributed by atoms with E-state index in [4.69, 9.17) is 9.97 Å². The molecule has 0 amide bonds. The molecule has 35 heavy (non-hydrogen) atoms. The van der Waals surface area contributed by atoms with Crippen LogP contribution in [0.3, 0.4) is 0 Å². The smallest absolute Gasteiger partial charge is 0.282 e. The molecule has 1 aliphatic heterocycles. The highest BCUT2D eigenvalue weighted by atomic mass is 32.2. The van der Waals surface area contributed by atoms with Crippen molar-refractivity contribution in [3.8, 4) is 17.3 Å². The second-order valence-corrected chi connectivity index (χ2v) is 11.5. The van der Waals surface area contributed by atoms with Crippen LogP contribution in [-0.4, -0.2) is 36.7 Å². The first-order valence-corrected chi connectivity index (χ1v) is 13.8. The number of hydrogen-bond donors (Lipinski definition) is 0. The van der Waals surface area contributed by atoms with Crippen LogP contribution in [0.2, 0.25) is 0 Å². The van der Waals surface area contributed by atoms with Gasteiger partial charge in [-0.2, -0.15) is 18.1 Å². The van der Waals surface area contributed by atoms with Crippen molar-refractivity contribution >= 4 is 21.7 Å². The maximum atomic E-state index is 13.4. The lowest BCUT2D eigenvalue weighted by Gasteiger charge is -2.39. The standard InChI is InChI=1S/C27H27N5O2S/c1-17-12-13-32(17)27-29-24-7-3-6-22(24)26(30-27)20-4-2-5-21(15-20)35(33,34)31-25-11-8-18(16-28)14-23(25)19-9-10-19/h2,4-5,8,11,14-15,17,19,23H,3,6-7,9-10,12-13H2,1H3/t17-,23?/m0/s1. The molecule has 0 N–H and O–H groups in total. The van der Waals surface area contributed by atoms with Gasteiger partial charge in [0.2, 0.25) is 5.95 Å². The van der Waals surface area contributed by atoms with E-state index in [-0.39, 0.29) is 10.8 Å². The number of allylic oxidation sites excluding steroid dienone is 4. The Morgan fingerprint density at radius 3 is 2.71 bits per heavy atom. The molecular weight excluding hydrogens is 458 g/mol. The van der Waals surface area contributed by atoms with Gasteiger partial charge in [0.1, 0.15) is 0 Å². The largest absolute Gasteiger partial charge is 0.338 e. The van der Waals surface area contributed by atoms with Gasteiger partial charge in [0, 0.05) is 40.9 Å². The Labute approximate surface area is 206 Å². The lowest BCUT2D eigenvalue weighted by molar-refractivity contribution is 0.470. The van der Waals surface area contributed by atoms with Gasteiger partial charge in [-0.25, -0.2) is 9.97 Å². The van der Waals surface area contributed by atoms with Crippen LogP contribution in [0.15, 0.2) is 57.4 Å². The lowest BCUT2D eigenvalue weighted by atomic mass is 9.91. The predicted octanol–water partition coefficient (Wildman–Crippen LogP) is 4.41. The van der Waals surface area contributed by atoms with Gasteiger partial charge in [-0.3, -0.25) is 0 Å². The summed E-state index contributed by atoms with van der Waals surface area (Å²) in [6.07, 6.45) is 11.2. The van der Waals surface area contributed by atoms with Crippen LogP contribution in [-0.2, 0) is 22.9 Å². The van der Waals surface area contributed by atoms with Crippen molar-refractivity contribution in [2.75, 3.05) is 11.4 Å². The molecule has 1 saturated carbocycles. The van der Waals surface area contributed by atoms with Crippen molar-refractivity contribution in [3.05, 3.63) is 59.3 Å². The van der Waals surface area contributed by atoms with Crippen molar-refractivity contribution in [1.29, 1.82) is 5.26 Å². The normalized spacial score (nSPS) is 24.6. The van der Waals surface area contributed by atoms with E-state index in [1.807, 2.05) is 12.1 Å². The lowest BCUT2D eigenvalue weighted by Crippen LogP contribution is -2.46. The van der Waals surface area contributed by atoms with Crippen molar-refractivity contribution in [3.63, 3.8) is 0 Å². The number of aromatic nitrogens is 2. The molecule has 1 saturated heterocycles. The van der Waals surface area contributed by atoms with Gasteiger partial charge in [-0.1, -0.05) is 18.2 Å². The highest BCUT2D eigenvalue weighted by Gasteiger charge is 2.35. The molecule has 4 aliphatic rings. The second-order valence-electron chi connectivity index (χ2n) is 9.93. The molecule has 2 fully saturated rings. The quantitative estimate of drug-likeness (QED) is 0.622. The van der Waals surface area contributed by atoms with E-state index in [0.29, 0.717) is 23.2 Å². The Morgan fingerprint density at radius 2 is 2.00 bits per heavy atom. The molecule has 0 radical (unpaired) electrons. The van der Waals surface area contributed by atoms with Crippen molar-refractivity contribution in [1.82, 2.24) is 9.97 Å². The molecule has 8 heteroatoms. The van der Waals surface area contributed by atoms with Gasteiger partial charge in [-0.15, -0.1) is 0 Å². The highest BCUT2D eigenvalue weighted by Crippen LogP contribution is 2.41. The molecule has 2 atom stereocenters. The highest BCUT2D eigenvalue weighted by molar-refractivity contribution is 7.90. The molecule has 178 valence electrons. The summed E-state index contributed by atoms with van der Waals surface area (Å²) in [5.41, 5.74) is 4.89. The number of rotatable bonds is 5.